The molecule has 0 unspecified atom stereocenters. The van der Waals surface area contributed by atoms with Gasteiger partial charge < -0.3 is 5.48 Å². The van der Waals surface area contributed by atoms with E-state index in [9.17, 15) is 4.79 Å². The van der Waals surface area contributed by atoms with Crippen molar-refractivity contribution in [1.29, 1.82) is 11.1 Å². The van der Waals surface area contributed by atoms with Gasteiger partial charge in [0.25, 0.3) is 0 Å². The molecule has 2 aliphatic carbocycles. The molecule has 4 aromatic rings. The molecule has 8 nitrogen and oxygen atoms in total. The SMILES string of the molecule is N=N.O.O=C1c2cccnc2-c2ncccc21.[HH].c1cnc2c(c1)Cc1cccnc1-2. The highest BCUT2D eigenvalue weighted by atomic mass is 16.1. The summed E-state index contributed by atoms with van der Waals surface area (Å²) in [7, 11) is 0. The van der Waals surface area contributed by atoms with Gasteiger partial charge in [-0.3, -0.25) is 24.7 Å². The number of hydrogen-bond acceptors (Lipinski definition) is 7. The molecule has 4 heterocycles. The first-order chi connectivity index (χ1) is 14.3. The van der Waals surface area contributed by atoms with Crippen molar-refractivity contribution < 1.29 is 11.7 Å². The van der Waals surface area contributed by atoms with Gasteiger partial charge in [0.1, 0.15) is 11.4 Å². The number of pyridine rings is 4. The molecule has 0 aromatic carbocycles. The van der Waals surface area contributed by atoms with Crippen LogP contribution in [0.1, 0.15) is 28.5 Å². The Morgan fingerprint density at radius 1 is 0.633 bits per heavy atom. The Morgan fingerprint density at radius 3 is 1.43 bits per heavy atom. The Morgan fingerprint density at radius 2 is 1.00 bits per heavy atom. The number of fused-ring (bicyclic) bond motifs is 6. The van der Waals surface area contributed by atoms with Gasteiger partial charge in [-0.1, -0.05) is 12.1 Å². The maximum absolute atomic E-state index is 11.8. The topological polar surface area (TPSA) is 148 Å². The fourth-order valence-corrected chi connectivity index (χ4v) is 3.49. The molecule has 0 saturated heterocycles. The van der Waals surface area contributed by atoms with Crippen LogP contribution in [0.4, 0.5) is 0 Å². The lowest BCUT2D eigenvalue weighted by atomic mass is 10.1. The number of hydrogen-bond donors (Lipinski definition) is 2. The Kier molecular flexibility index (Phi) is 6.09. The lowest BCUT2D eigenvalue weighted by Gasteiger charge is -1.95. The number of rotatable bonds is 0. The van der Waals surface area contributed by atoms with Crippen molar-refractivity contribution in [3.05, 3.63) is 95.6 Å². The molecule has 0 aliphatic heterocycles. The summed E-state index contributed by atoms with van der Waals surface area (Å²) in [5.74, 6) is 0.0243. The molecule has 150 valence electrons. The predicted octanol–water partition coefficient (Wildman–Crippen LogP) is 3.75. The Labute approximate surface area is 173 Å². The minimum absolute atomic E-state index is 0. The van der Waals surface area contributed by atoms with E-state index in [0.29, 0.717) is 22.5 Å². The van der Waals surface area contributed by atoms with Crippen LogP contribution in [0, 0.1) is 11.1 Å². The van der Waals surface area contributed by atoms with Crippen LogP contribution in [0.2, 0.25) is 0 Å². The first-order valence-corrected chi connectivity index (χ1v) is 8.91. The quantitative estimate of drug-likeness (QED) is 0.372. The van der Waals surface area contributed by atoms with Gasteiger partial charge in [-0.2, -0.15) is 0 Å². The first kappa shape index (κ1) is 20.6. The summed E-state index contributed by atoms with van der Waals surface area (Å²) < 4.78 is 0. The highest BCUT2D eigenvalue weighted by molar-refractivity contribution is 6.20. The van der Waals surface area contributed by atoms with E-state index in [1.807, 2.05) is 24.5 Å². The first-order valence-electron chi connectivity index (χ1n) is 8.91. The molecule has 6 rings (SSSR count). The van der Waals surface area contributed by atoms with Gasteiger partial charge in [-0.05, 0) is 47.5 Å². The third-order valence-electron chi connectivity index (χ3n) is 4.72. The van der Waals surface area contributed by atoms with Gasteiger partial charge in [0.15, 0.2) is 5.78 Å². The maximum atomic E-state index is 11.8. The standard InChI is InChI=1S/C11H6N2O.C11H8N2.H2N2.H2O.H2/c14-11-7-3-1-5-12-9(7)10-8(11)4-2-6-13-10;1-3-8-7-9-4-2-6-13-11(9)10(8)12-5-1;1-2;;/h1-6H;1-6H,7H2;1-2H;1H2;1H. The number of ketones is 1. The average Bonchev–Trinajstić information content (AvgIpc) is 3.32. The van der Waals surface area contributed by atoms with Crippen LogP contribution in [0.5, 0.6) is 0 Å². The van der Waals surface area contributed by atoms with Gasteiger partial charge >= 0.3 is 0 Å². The minimum atomic E-state index is 0. The lowest BCUT2D eigenvalue weighted by Crippen LogP contribution is -1.94. The second-order valence-electron chi connectivity index (χ2n) is 6.33. The van der Waals surface area contributed by atoms with Gasteiger partial charge in [-0.15, -0.1) is 0 Å². The average molecular weight is 400 g/mol. The molecule has 0 fully saturated rings. The second kappa shape index (κ2) is 8.89. The van der Waals surface area contributed by atoms with E-state index in [1.54, 1.807) is 36.7 Å². The van der Waals surface area contributed by atoms with Crippen molar-refractivity contribution >= 4 is 5.78 Å². The Bertz CT molecular complexity index is 1130. The van der Waals surface area contributed by atoms with E-state index in [-0.39, 0.29) is 12.7 Å². The number of aromatic nitrogens is 4. The van der Waals surface area contributed by atoms with E-state index in [1.165, 1.54) is 11.1 Å². The third kappa shape index (κ3) is 3.47. The van der Waals surface area contributed by atoms with Crippen molar-refractivity contribution in [2.75, 3.05) is 0 Å². The van der Waals surface area contributed by atoms with Gasteiger partial charge in [0.05, 0.1) is 22.5 Å². The van der Waals surface area contributed by atoms with Crippen LogP contribution in [0.3, 0.4) is 0 Å². The molecule has 0 bridgehead atoms. The summed E-state index contributed by atoms with van der Waals surface area (Å²) in [6.07, 6.45) is 7.98. The summed E-state index contributed by atoms with van der Waals surface area (Å²) in [6, 6.07) is 15.3. The summed E-state index contributed by atoms with van der Waals surface area (Å²) in [6.45, 7) is 0. The van der Waals surface area contributed by atoms with E-state index in [2.05, 4.69) is 32.1 Å². The van der Waals surface area contributed by atoms with E-state index >= 15 is 0 Å². The number of nitrogens with zero attached hydrogens (tertiary/aromatic N) is 4. The van der Waals surface area contributed by atoms with Crippen molar-refractivity contribution in [1.82, 2.24) is 19.9 Å². The molecule has 8 heteroatoms. The van der Waals surface area contributed by atoms with Crippen LogP contribution in [0.25, 0.3) is 22.8 Å². The van der Waals surface area contributed by atoms with Gasteiger partial charge in [0, 0.05) is 32.6 Å². The molecule has 0 amide bonds. The Hall–Kier alpha value is -4.17. The molecule has 0 radical (unpaired) electrons. The molecule has 0 spiro atoms. The number of carbonyl (C=O) groups excluding carboxylic acids is 1. The number of nitrogens with one attached hydrogen (secondary N) is 2. The predicted molar refractivity (Wildman–Crippen MR) is 112 cm³/mol. The zero-order chi connectivity index (χ0) is 20.2. The molecule has 0 saturated carbocycles. The van der Waals surface area contributed by atoms with Crippen LogP contribution < -0.4 is 0 Å². The molecule has 30 heavy (non-hydrogen) atoms. The lowest BCUT2D eigenvalue weighted by molar-refractivity contribution is 0.104. The minimum Gasteiger partial charge on any atom is -0.412 e. The third-order valence-corrected chi connectivity index (χ3v) is 4.72. The summed E-state index contributed by atoms with van der Waals surface area (Å²) in [5.41, 5.74) is 17.4. The van der Waals surface area contributed by atoms with Crippen LogP contribution in [-0.2, 0) is 6.42 Å². The molecule has 4 aromatic heterocycles. The molecule has 4 N–H and O–H groups in total. The zero-order valence-electron chi connectivity index (χ0n) is 15.8. The molecular formula is C22H20N6O2. The van der Waals surface area contributed by atoms with Crippen LogP contribution in [0.15, 0.2) is 73.3 Å². The maximum Gasteiger partial charge on any atom is 0.197 e. The van der Waals surface area contributed by atoms with Crippen molar-refractivity contribution in [2.45, 2.75) is 6.42 Å². The smallest absolute Gasteiger partial charge is 0.197 e. The second-order valence-corrected chi connectivity index (χ2v) is 6.33. The summed E-state index contributed by atoms with van der Waals surface area (Å²) >= 11 is 0. The van der Waals surface area contributed by atoms with E-state index < -0.39 is 0 Å². The van der Waals surface area contributed by atoms with Crippen molar-refractivity contribution in [2.24, 2.45) is 0 Å². The highest BCUT2D eigenvalue weighted by Crippen LogP contribution is 2.33. The van der Waals surface area contributed by atoms with Crippen LogP contribution in [-0.4, -0.2) is 31.2 Å². The molecule has 0 atom stereocenters. The van der Waals surface area contributed by atoms with Gasteiger partial charge in [0.2, 0.25) is 0 Å². The van der Waals surface area contributed by atoms with Crippen molar-refractivity contribution in [3.8, 4) is 22.8 Å². The fourth-order valence-electron chi connectivity index (χ4n) is 3.49. The van der Waals surface area contributed by atoms with Crippen molar-refractivity contribution in [3.63, 3.8) is 0 Å². The number of carbonyl (C=O) groups is 1. The Balaban J connectivity index is 0.000000193. The van der Waals surface area contributed by atoms with E-state index in [4.69, 9.17) is 11.1 Å². The van der Waals surface area contributed by atoms with Gasteiger partial charge in [-0.25, -0.2) is 11.1 Å². The van der Waals surface area contributed by atoms with E-state index in [0.717, 1.165) is 17.8 Å². The normalized spacial score (nSPS) is 11.3. The molecule has 2 aliphatic rings. The highest BCUT2D eigenvalue weighted by Gasteiger charge is 2.27. The zero-order valence-corrected chi connectivity index (χ0v) is 15.8. The molecular weight excluding hydrogens is 380 g/mol. The van der Waals surface area contributed by atoms with Crippen LogP contribution >= 0.6 is 0 Å². The fraction of sp³-hybridized carbons (Fsp3) is 0.0455. The largest absolute Gasteiger partial charge is 0.412 e. The summed E-state index contributed by atoms with van der Waals surface area (Å²) in [4.78, 5) is 28.8. The summed E-state index contributed by atoms with van der Waals surface area (Å²) in [5, 5.41) is 0. The monoisotopic (exact) mass is 400 g/mol.